The van der Waals surface area contributed by atoms with E-state index in [4.69, 9.17) is 8.83 Å². The number of aromatic nitrogens is 1. The molecule has 4 heterocycles. The monoisotopic (exact) mass is 311 g/mol. The van der Waals surface area contributed by atoms with Gasteiger partial charge >= 0.3 is 0 Å². The van der Waals surface area contributed by atoms with E-state index in [1.54, 1.807) is 12.5 Å². The molecule has 0 amide bonds. The second-order valence-electron chi connectivity index (χ2n) is 6.40. The lowest BCUT2D eigenvalue weighted by Crippen LogP contribution is -2.31. The summed E-state index contributed by atoms with van der Waals surface area (Å²) in [5.41, 5.74) is 1.68. The van der Waals surface area contributed by atoms with E-state index < -0.39 is 0 Å². The molecular weight excluding hydrogens is 290 g/mol. The number of likely N-dealkylation sites (tertiary alicyclic amines) is 1. The van der Waals surface area contributed by atoms with Crippen LogP contribution in [0, 0.1) is 0 Å². The van der Waals surface area contributed by atoms with Crippen LogP contribution in [0.4, 0.5) is 0 Å². The molecular formula is C18H21N3O2. The molecule has 4 rings (SSSR count). The molecule has 120 valence electrons. The molecule has 1 fully saturated rings. The molecule has 5 heteroatoms. The summed E-state index contributed by atoms with van der Waals surface area (Å²) in [6, 6.07) is 8.50. The Balaban J connectivity index is 1.52. The molecule has 3 aromatic rings. The fourth-order valence-corrected chi connectivity index (χ4v) is 3.28. The van der Waals surface area contributed by atoms with Crippen LogP contribution in [0.25, 0.3) is 22.4 Å². The molecule has 1 saturated heterocycles. The minimum Gasteiger partial charge on any atom is -0.464 e. The molecule has 0 radical (unpaired) electrons. The van der Waals surface area contributed by atoms with Gasteiger partial charge in [0.15, 0.2) is 5.76 Å². The fourth-order valence-electron chi connectivity index (χ4n) is 3.28. The highest BCUT2D eigenvalue weighted by Gasteiger charge is 2.24. The summed E-state index contributed by atoms with van der Waals surface area (Å²) >= 11 is 0. The third-order valence-electron chi connectivity index (χ3n) is 4.63. The summed E-state index contributed by atoms with van der Waals surface area (Å²) in [4.78, 5) is 9.20. The van der Waals surface area contributed by atoms with Crippen LogP contribution >= 0.6 is 0 Å². The average Bonchev–Trinajstić information content (AvgIpc) is 3.27. The summed E-state index contributed by atoms with van der Waals surface area (Å²) in [7, 11) is 4.30. The summed E-state index contributed by atoms with van der Waals surface area (Å²) in [6.45, 7) is 3.07. The first-order valence-corrected chi connectivity index (χ1v) is 8.01. The Morgan fingerprint density at radius 1 is 1.26 bits per heavy atom. The van der Waals surface area contributed by atoms with Gasteiger partial charge in [0.2, 0.25) is 0 Å². The van der Waals surface area contributed by atoms with Crippen molar-refractivity contribution in [3.63, 3.8) is 0 Å². The number of likely N-dealkylation sites (N-methyl/N-ethyl adjacent to an activating group) is 1. The maximum Gasteiger partial charge on any atom is 0.153 e. The minimum absolute atomic E-state index is 0.644. The summed E-state index contributed by atoms with van der Waals surface area (Å²) in [6.07, 6.45) is 4.66. The molecule has 1 atom stereocenters. The van der Waals surface area contributed by atoms with Crippen LogP contribution in [-0.2, 0) is 6.54 Å². The number of rotatable bonds is 4. The number of hydrogen-bond acceptors (Lipinski definition) is 5. The number of hydrogen-bond donors (Lipinski definition) is 0. The first-order chi connectivity index (χ1) is 11.2. The van der Waals surface area contributed by atoms with E-state index in [-0.39, 0.29) is 0 Å². The van der Waals surface area contributed by atoms with Crippen LogP contribution in [0.3, 0.4) is 0 Å². The van der Waals surface area contributed by atoms with E-state index in [0.29, 0.717) is 6.04 Å². The second kappa shape index (κ2) is 5.83. The van der Waals surface area contributed by atoms with Gasteiger partial charge in [-0.05, 0) is 44.8 Å². The van der Waals surface area contributed by atoms with Crippen LogP contribution in [0.5, 0.6) is 0 Å². The zero-order chi connectivity index (χ0) is 15.8. The van der Waals surface area contributed by atoms with Crippen molar-refractivity contribution in [2.24, 2.45) is 0 Å². The van der Waals surface area contributed by atoms with Gasteiger partial charge in [0.1, 0.15) is 17.0 Å². The topological polar surface area (TPSA) is 45.7 Å². The first-order valence-electron chi connectivity index (χ1n) is 8.01. The third-order valence-corrected chi connectivity index (χ3v) is 4.63. The maximum absolute atomic E-state index is 6.05. The quantitative estimate of drug-likeness (QED) is 0.740. The molecule has 23 heavy (non-hydrogen) atoms. The van der Waals surface area contributed by atoms with Crippen molar-refractivity contribution in [2.45, 2.75) is 19.0 Å². The van der Waals surface area contributed by atoms with Gasteiger partial charge in [0.25, 0.3) is 0 Å². The largest absolute Gasteiger partial charge is 0.464 e. The van der Waals surface area contributed by atoms with Crippen molar-refractivity contribution in [2.75, 3.05) is 27.2 Å². The van der Waals surface area contributed by atoms with Gasteiger partial charge in [-0.1, -0.05) is 0 Å². The molecule has 1 aliphatic heterocycles. The zero-order valence-electron chi connectivity index (χ0n) is 13.5. The van der Waals surface area contributed by atoms with Gasteiger partial charge in [-0.25, -0.2) is 0 Å². The molecule has 0 aromatic carbocycles. The van der Waals surface area contributed by atoms with Crippen molar-refractivity contribution >= 4 is 11.0 Å². The van der Waals surface area contributed by atoms with E-state index in [0.717, 1.165) is 47.8 Å². The lowest BCUT2D eigenvalue weighted by Gasteiger charge is -2.19. The molecule has 0 spiro atoms. The van der Waals surface area contributed by atoms with Crippen molar-refractivity contribution in [1.29, 1.82) is 0 Å². The van der Waals surface area contributed by atoms with Crippen LogP contribution in [0.15, 0.2) is 45.6 Å². The van der Waals surface area contributed by atoms with Gasteiger partial charge in [0, 0.05) is 30.7 Å². The van der Waals surface area contributed by atoms with Gasteiger partial charge < -0.3 is 13.7 Å². The Bertz CT molecular complexity index is 805. The molecule has 0 N–H and O–H groups in total. The van der Waals surface area contributed by atoms with Gasteiger partial charge in [-0.2, -0.15) is 0 Å². The Morgan fingerprint density at radius 2 is 2.17 bits per heavy atom. The van der Waals surface area contributed by atoms with Crippen molar-refractivity contribution in [3.05, 3.63) is 42.5 Å². The predicted octanol–water partition coefficient (Wildman–Crippen LogP) is 3.22. The number of furan rings is 2. The molecule has 1 unspecified atom stereocenters. The number of fused-ring (bicyclic) bond motifs is 1. The lowest BCUT2D eigenvalue weighted by molar-refractivity contribution is 0.252. The normalized spacial score (nSPS) is 19.2. The van der Waals surface area contributed by atoms with E-state index in [2.05, 4.69) is 34.9 Å². The van der Waals surface area contributed by atoms with Gasteiger partial charge in [0.05, 0.1) is 12.8 Å². The average molecular weight is 311 g/mol. The highest BCUT2D eigenvalue weighted by molar-refractivity contribution is 5.89. The van der Waals surface area contributed by atoms with Crippen molar-refractivity contribution in [1.82, 2.24) is 14.8 Å². The molecule has 5 nitrogen and oxygen atoms in total. The highest BCUT2D eigenvalue weighted by atomic mass is 16.3. The summed E-state index contributed by atoms with van der Waals surface area (Å²) in [5.74, 6) is 1.79. The van der Waals surface area contributed by atoms with E-state index in [1.807, 2.05) is 18.2 Å². The second-order valence-corrected chi connectivity index (χ2v) is 6.40. The van der Waals surface area contributed by atoms with Crippen LogP contribution < -0.4 is 0 Å². The summed E-state index contributed by atoms with van der Waals surface area (Å²) < 4.78 is 11.5. The van der Waals surface area contributed by atoms with E-state index in [1.165, 1.54) is 6.42 Å². The molecule has 0 aliphatic carbocycles. The Kier molecular flexibility index (Phi) is 3.67. The Morgan fingerprint density at radius 3 is 3.00 bits per heavy atom. The standard InChI is InChI=1S/C18H21N3O2/c1-20(2)13-6-9-21(11-13)12-14-3-4-17(23-14)18-15-7-10-22-16(15)5-8-19-18/h3-5,7-8,10,13H,6,9,11-12H2,1-2H3. The van der Waals surface area contributed by atoms with Crippen molar-refractivity contribution in [3.8, 4) is 11.5 Å². The maximum atomic E-state index is 6.05. The molecule has 3 aromatic heterocycles. The van der Waals surface area contributed by atoms with Crippen molar-refractivity contribution < 1.29 is 8.83 Å². The SMILES string of the molecule is CN(C)C1CCN(Cc2ccc(-c3nccc4occc34)o2)C1. The minimum atomic E-state index is 0.644. The highest BCUT2D eigenvalue weighted by Crippen LogP contribution is 2.29. The molecule has 0 bridgehead atoms. The lowest BCUT2D eigenvalue weighted by atomic mass is 10.2. The van der Waals surface area contributed by atoms with Crippen LogP contribution in [0.1, 0.15) is 12.2 Å². The van der Waals surface area contributed by atoms with Gasteiger partial charge in [-0.3, -0.25) is 9.88 Å². The molecule has 0 saturated carbocycles. The van der Waals surface area contributed by atoms with E-state index >= 15 is 0 Å². The fraction of sp³-hybridized carbons (Fsp3) is 0.389. The zero-order valence-corrected chi connectivity index (χ0v) is 13.5. The Hall–Kier alpha value is -2.11. The number of nitrogens with zero attached hydrogens (tertiary/aromatic N) is 3. The Labute approximate surface area is 135 Å². The number of pyridine rings is 1. The molecule has 1 aliphatic rings. The van der Waals surface area contributed by atoms with Crippen LogP contribution in [-0.4, -0.2) is 48.0 Å². The third kappa shape index (κ3) is 2.78. The summed E-state index contributed by atoms with van der Waals surface area (Å²) in [5, 5.41) is 0.988. The van der Waals surface area contributed by atoms with Crippen LogP contribution in [0.2, 0.25) is 0 Å². The van der Waals surface area contributed by atoms with Gasteiger partial charge in [-0.15, -0.1) is 0 Å². The smallest absolute Gasteiger partial charge is 0.153 e. The first kappa shape index (κ1) is 14.5. The predicted molar refractivity (Wildman–Crippen MR) is 89.1 cm³/mol. The van der Waals surface area contributed by atoms with E-state index in [9.17, 15) is 0 Å².